The van der Waals surface area contributed by atoms with Crippen LogP contribution in [0.1, 0.15) is 48.4 Å². The zero-order valence-electron chi connectivity index (χ0n) is 17.7. The molecule has 158 valence electrons. The molecule has 2 aromatic rings. The van der Waals surface area contributed by atoms with Crippen molar-refractivity contribution in [2.75, 3.05) is 19.6 Å². The number of carbonyl (C=O) groups is 2. The zero-order valence-corrected chi connectivity index (χ0v) is 17.7. The minimum atomic E-state index is -0.910. The molecule has 0 saturated carbocycles. The lowest BCUT2D eigenvalue weighted by Crippen LogP contribution is -2.48. The Balaban J connectivity index is 1.66. The summed E-state index contributed by atoms with van der Waals surface area (Å²) in [6.45, 7) is 4.03. The van der Waals surface area contributed by atoms with Gasteiger partial charge in [0.25, 0.3) is 0 Å². The highest BCUT2D eigenvalue weighted by Gasteiger charge is 2.45. The van der Waals surface area contributed by atoms with Crippen molar-refractivity contribution in [2.45, 2.75) is 50.5 Å². The summed E-state index contributed by atoms with van der Waals surface area (Å²) in [6, 6.07) is 16.3. The summed E-state index contributed by atoms with van der Waals surface area (Å²) < 4.78 is 0. The maximum Gasteiger partial charge on any atom is 0.236 e. The first kappa shape index (κ1) is 20.6. The molecular formula is C25H31N3O2. The van der Waals surface area contributed by atoms with Crippen LogP contribution in [0.25, 0.3) is 0 Å². The van der Waals surface area contributed by atoms with Crippen molar-refractivity contribution >= 4 is 11.8 Å². The molecule has 0 unspecified atom stereocenters. The van der Waals surface area contributed by atoms with Crippen molar-refractivity contribution in [1.29, 1.82) is 0 Å². The first-order chi connectivity index (χ1) is 14.5. The van der Waals surface area contributed by atoms with Crippen LogP contribution in [0.4, 0.5) is 0 Å². The maximum absolute atomic E-state index is 13.2. The smallest absolute Gasteiger partial charge is 0.236 e. The standard InChI is InChI=1S/C25H31N3O2/c1-18(27-17-23(29)28-14-6-7-15-28)16-25(24(26)30)21-10-4-2-8-19(21)12-13-20-9-3-5-11-22(20)25/h2-5,8-11,18,27H,6-7,12-17H2,1H3,(H2,26,30)/t18-/m1/s1. The number of hydrogen-bond acceptors (Lipinski definition) is 3. The molecule has 5 nitrogen and oxygen atoms in total. The summed E-state index contributed by atoms with van der Waals surface area (Å²) in [7, 11) is 0. The van der Waals surface area contributed by atoms with Gasteiger partial charge in [-0.2, -0.15) is 0 Å². The Morgan fingerprint density at radius 3 is 2.07 bits per heavy atom. The third-order valence-corrected chi connectivity index (χ3v) is 6.71. The van der Waals surface area contributed by atoms with Gasteiger partial charge in [-0.15, -0.1) is 0 Å². The van der Waals surface area contributed by atoms with Gasteiger partial charge in [0.1, 0.15) is 5.41 Å². The number of amides is 2. The molecule has 2 aromatic carbocycles. The largest absolute Gasteiger partial charge is 0.369 e. The molecule has 0 radical (unpaired) electrons. The average molecular weight is 406 g/mol. The number of rotatable bonds is 6. The fraction of sp³-hybridized carbons (Fsp3) is 0.440. The van der Waals surface area contributed by atoms with Gasteiger partial charge in [0.2, 0.25) is 11.8 Å². The van der Waals surface area contributed by atoms with E-state index in [1.54, 1.807) is 0 Å². The lowest BCUT2D eigenvalue weighted by Gasteiger charge is -2.36. The number of nitrogens with one attached hydrogen (secondary N) is 1. The number of nitrogens with two attached hydrogens (primary N) is 1. The van der Waals surface area contributed by atoms with Crippen LogP contribution in [0.2, 0.25) is 0 Å². The predicted octanol–water partition coefficient (Wildman–Crippen LogP) is 2.55. The van der Waals surface area contributed by atoms with Crippen molar-refractivity contribution < 1.29 is 9.59 Å². The number of primary amides is 1. The first-order valence-corrected chi connectivity index (χ1v) is 11.0. The summed E-state index contributed by atoms with van der Waals surface area (Å²) in [5, 5.41) is 3.37. The maximum atomic E-state index is 13.2. The molecule has 2 aliphatic rings. The molecule has 1 heterocycles. The quantitative estimate of drug-likeness (QED) is 0.776. The van der Waals surface area contributed by atoms with E-state index in [0.29, 0.717) is 13.0 Å². The van der Waals surface area contributed by atoms with Crippen LogP contribution in [-0.4, -0.2) is 42.4 Å². The lowest BCUT2D eigenvalue weighted by molar-refractivity contribution is -0.129. The molecule has 1 fully saturated rings. The van der Waals surface area contributed by atoms with Crippen LogP contribution < -0.4 is 11.1 Å². The van der Waals surface area contributed by atoms with E-state index in [-0.39, 0.29) is 17.9 Å². The van der Waals surface area contributed by atoms with E-state index >= 15 is 0 Å². The van der Waals surface area contributed by atoms with Crippen molar-refractivity contribution in [3.63, 3.8) is 0 Å². The van der Waals surface area contributed by atoms with Crippen molar-refractivity contribution in [2.24, 2.45) is 5.73 Å². The van der Waals surface area contributed by atoms with Crippen LogP contribution >= 0.6 is 0 Å². The van der Waals surface area contributed by atoms with Crippen LogP contribution in [0, 0.1) is 0 Å². The molecule has 3 N–H and O–H groups in total. The van der Waals surface area contributed by atoms with Crippen molar-refractivity contribution in [1.82, 2.24) is 10.2 Å². The number of carbonyl (C=O) groups excluding carboxylic acids is 2. The monoisotopic (exact) mass is 405 g/mol. The lowest BCUT2D eigenvalue weighted by atomic mass is 9.68. The molecule has 2 amide bonds. The normalized spacial score (nSPS) is 18.2. The molecular weight excluding hydrogens is 374 g/mol. The molecule has 1 atom stereocenters. The summed E-state index contributed by atoms with van der Waals surface area (Å²) in [5.74, 6) is -0.196. The van der Waals surface area contributed by atoms with Crippen LogP contribution in [0.15, 0.2) is 48.5 Å². The number of nitrogens with zero attached hydrogens (tertiary/aromatic N) is 1. The number of hydrogen-bond donors (Lipinski definition) is 2. The van der Waals surface area contributed by atoms with Gasteiger partial charge < -0.3 is 16.0 Å². The molecule has 1 aliphatic heterocycles. The Bertz CT molecular complexity index is 886. The van der Waals surface area contributed by atoms with Gasteiger partial charge in [-0.1, -0.05) is 48.5 Å². The van der Waals surface area contributed by atoms with Crippen LogP contribution in [0.3, 0.4) is 0 Å². The third-order valence-electron chi connectivity index (χ3n) is 6.71. The minimum Gasteiger partial charge on any atom is -0.369 e. The van der Waals surface area contributed by atoms with E-state index < -0.39 is 5.41 Å². The Labute approximate surface area is 178 Å². The Morgan fingerprint density at radius 2 is 1.53 bits per heavy atom. The number of likely N-dealkylation sites (tertiary alicyclic amines) is 1. The van der Waals surface area contributed by atoms with Crippen molar-refractivity contribution in [3.8, 4) is 0 Å². The van der Waals surface area contributed by atoms with Crippen molar-refractivity contribution in [3.05, 3.63) is 70.8 Å². The topological polar surface area (TPSA) is 75.4 Å². The molecule has 5 heteroatoms. The first-order valence-electron chi connectivity index (χ1n) is 11.0. The molecule has 4 rings (SSSR count). The molecule has 30 heavy (non-hydrogen) atoms. The van der Waals surface area contributed by atoms with E-state index in [9.17, 15) is 9.59 Å². The minimum absolute atomic E-state index is 0.0525. The Hall–Kier alpha value is -2.66. The molecule has 1 aliphatic carbocycles. The fourth-order valence-electron chi connectivity index (χ4n) is 5.18. The Kier molecular flexibility index (Phi) is 5.91. The molecule has 0 aromatic heterocycles. The van der Waals surface area contributed by atoms with E-state index in [1.165, 1.54) is 11.1 Å². The number of benzene rings is 2. The van der Waals surface area contributed by atoms with Gasteiger partial charge >= 0.3 is 0 Å². The summed E-state index contributed by atoms with van der Waals surface area (Å²) in [5.41, 5.74) is 9.60. The summed E-state index contributed by atoms with van der Waals surface area (Å²) in [6.07, 6.45) is 4.46. The van der Waals surface area contributed by atoms with E-state index in [4.69, 9.17) is 5.73 Å². The molecule has 1 saturated heterocycles. The van der Waals surface area contributed by atoms with Gasteiger partial charge in [0, 0.05) is 19.1 Å². The second-order valence-electron chi connectivity index (χ2n) is 8.66. The van der Waals surface area contributed by atoms with Gasteiger partial charge in [-0.25, -0.2) is 0 Å². The highest BCUT2D eigenvalue weighted by molar-refractivity contribution is 5.92. The third kappa shape index (κ3) is 3.74. The second kappa shape index (κ2) is 8.60. The highest BCUT2D eigenvalue weighted by atomic mass is 16.2. The summed E-state index contributed by atoms with van der Waals surface area (Å²) in [4.78, 5) is 27.6. The average Bonchev–Trinajstić information content (AvgIpc) is 3.25. The van der Waals surface area contributed by atoms with E-state index in [1.807, 2.05) is 48.2 Å². The number of fused-ring (bicyclic) bond motifs is 2. The highest BCUT2D eigenvalue weighted by Crippen LogP contribution is 2.42. The SMILES string of the molecule is C[C@H](CC1(C(N)=O)c2ccccc2CCc2ccccc21)NCC(=O)N1CCCC1. The van der Waals surface area contributed by atoms with Gasteiger partial charge in [0.15, 0.2) is 0 Å². The van der Waals surface area contributed by atoms with Crippen LogP contribution in [-0.2, 0) is 27.8 Å². The van der Waals surface area contributed by atoms with Gasteiger partial charge in [0.05, 0.1) is 6.54 Å². The summed E-state index contributed by atoms with van der Waals surface area (Å²) >= 11 is 0. The van der Waals surface area contributed by atoms with E-state index in [0.717, 1.165) is 49.9 Å². The molecule has 0 spiro atoms. The fourth-order valence-corrected chi connectivity index (χ4v) is 5.18. The molecule has 0 bridgehead atoms. The van der Waals surface area contributed by atoms with Gasteiger partial charge in [-0.3, -0.25) is 9.59 Å². The second-order valence-corrected chi connectivity index (χ2v) is 8.66. The predicted molar refractivity (Wildman–Crippen MR) is 118 cm³/mol. The van der Waals surface area contributed by atoms with E-state index in [2.05, 4.69) is 17.4 Å². The number of aryl methyl sites for hydroxylation is 2. The van der Waals surface area contributed by atoms with Crippen LogP contribution in [0.5, 0.6) is 0 Å². The Morgan fingerprint density at radius 1 is 1.00 bits per heavy atom. The van der Waals surface area contributed by atoms with Gasteiger partial charge in [-0.05, 0) is 61.3 Å². The zero-order chi connectivity index (χ0) is 21.1.